The molecule has 198 valence electrons. The second-order valence-corrected chi connectivity index (χ2v) is 11.4. The van der Waals surface area contributed by atoms with Gasteiger partial charge in [0, 0.05) is 46.6 Å². The summed E-state index contributed by atoms with van der Waals surface area (Å²) >= 11 is 6.59. The van der Waals surface area contributed by atoms with Crippen molar-refractivity contribution in [1.29, 1.82) is 5.26 Å². The predicted molar refractivity (Wildman–Crippen MR) is 154 cm³/mol. The van der Waals surface area contributed by atoms with Crippen molar-refractivity contribution in [3.05, 3.63) is 76.2 Å². The van der Waals surface area contributed by atoms with Gasteiger partial charge in [-0.15, -0.1) is 0 Å². The van der Waals surface area contributed by atoms with Gasteiger partial charge < -0.3 is 21.4 Å². The first-order chi connectivity index (χ1) is 18.0. The summed E-state index contributed by atoms with van der Waals surface area (Å²) in [6, 6.07) is 13.1. The van der Waals surface area contributed by atoms with Crippen LogP contribution in [0.3, 0.4) is 0 Å². The molecular formula is C29H34ClN7O. The summed E-state index contributed by atoms with van der Waals surface area (Å²) in [5.74, 6) is 6.07. The molecule has 4 rings (SSSR count). The standard InChI is InChI=1S/C29H34ClN7O/c1-17(38)22-11-19(12-23-26(35-16-29(2,3)4)18(13-31)14-34-27(22)23)36-28(21-7-5-6-8-24(21)30)25(32)15-37(33)20-9-10-20/h5-8,11-12,14-15,20,28,36H,9-10,16,32-33H2,1-4H3,(H,34,35)/b25-15-. The van der Waals surface area contributed by atoms with Crippen molar-refractivity contribution < 1.29 is 4.79 Å². The quantitative estimate of drug-likeness (QED) is 0.157. The van der Waals surface area contributed by atoms with E-state index in [1.807, 2.05) is 24.3 Å². The molecule has 0 radical (unpaired) electrons. The molecule has 2 aromatic carbocycles. The molecular weight excluding hydrogens is 498 g/mol. The number of carbonyl (C=O) groups is 1. The van der Waals surface area contributed by atoms with Crippen LogP contribution in [0.1, 0.15) is 68.1 Å². The van der Waals surface area contributed by atoms with Crippen LogP contribution in [-0.4, -0.2) is 28.4 Å². The lowest BCUT2D eigenvalue weighted by atomic mass is 9.96. The number of nitrogens with two attached hydrogens (primary N) is 2. The number of ketones is 1. The Morgan fingerprint density at radius 1 is 1.32 bits per heavy atom. The van der Waals surface area contributed by atoms with Crippen molar-refractivity contribution >= 4 is 39.7 Å². The monoisotopic (exact) mass is 531 g/mol. The Labute approximate surface area is 228 Å². The zero-order chi connectivity index (χ0) is 27.6. The third-order valence-corrected chi connectivity index (χ3v) is 6.74. The SMILES string of the molecule is CC(=O)c1cc(NC(/C(N)=C/N(N)C2CC2)c2ccccc2Cl)cc2c(NCC(C)(C)C)c(C#N)cnc12. The molecule has 1 heterocycles. The molecule has 1 saturated carbocycles. The molecule has 0 spiro atoms. The van der Waals surface area contributed by atoms with E-state index in [0.717, 1.165) is 18.4 Å². The first kappa shape index (κ1) is 27.2. The van der Waals surface area contributed by atoms with E-state index in [4.69, 9.17) is 23.2 Å². The Morgan fingerprint density at radius 2 is 2.03 bits per heavy atom. The molecule has 0 amide bonds. The lowest BCUT2D eigenvalue weighted by molar-refractivity contribution is 0.101. The highest BCUT2D eigenvalue weighted by molar-refractivity contribution is 6.31. The minimum Gasteiger partial charge on any atom is -0.399 e. The average Bonchev–Trinajstić information content (AvgIpc) is 3.71. The van der Waals surface area contributed by atoms with Crippen molar-refractivity contribution in [2.45, 2.75) is 52.6 Å². The molecule has 9 heteroatoms. The van der Waals surface area contributed by atoms with Gasteiger partial charge in [-0.3, -0.25) is 9.78 Å². The number of fused-ring (bicyclic) bond motifs is 1. The second kappa shape index (κ2) is 10.9. The zero-order valence-electron chi connectivity index (χ0n) is 22.2. The number of hydrazine groups is 1. The molecule has 1 unspecified atom stereocenters. The van der Waals surface area contributed by atoms with Crippen LogP contribution < -0.4 is 22.2 Å². The number of hydrogen-bond donors (Lipinski definition) is 4. The van der Waals surface area contributed by atoms with Crippen molar-refractivity contribution in [2.75, 3.05) is 17.2 Å². The molecule has 6 N–H and O–H groups in total. The molecule has 3 aromatic rings. The van der Waals surface area contributed by atoms with Crippen molar-refractivity contribution in [3.63, 3.8) is 0 Å². The summed E-state index contributed by atoms with van der Waals surface area (Å²) in [7, 11) is 0. The number of nitriles is 1. The van der Waals surface area contributed by atoms with Gasteiger partial charge in [-0.25, -0.2) is 5.84 Å². The van der Waals surface area contributed by atoms with Gasteiger partial charge in [0.05, 0.1) is 28.5 Å². The van der Waals surface area contributed by atoms with Crippen molar-refractivity contribution in [1.82, 2.24) is 9.99 Å². The lowest BCUT2D eigenvalue weighted by Gasteiger charge is -2.25. The van der Waals surface area contributed by atoms with Gasteiger partial charge in [0.15, 0.2) is 5.78 Å². The molecule has 38 heavy (non-hydrogen) atoms. The normalized spacial score (nSPS) is 14.6. The van der Waals surface area contributed by atoms with Crippen LogP contribution in [0.25, 0.3) is 10.9 Å². The predicted octanol–water partition coefficient (Wildman–Crippen LogP) is 5.71. The summed E-state index contributed by atoms with van der Waals surface area (Å²) in [5, 5.41) is 19.6. The summed E-state index contributed by atoms with van der Waals surface area (Å²) < 4.78 is 0. The van der Waals surface area contributed by atoms with Crippen molar-refractivity contribution in [3.8, 4) is 6.07 Å². The van der Waals surface area contributed by atoms with Crippen LogP contribution in [0.15, 0.2) is 54.5 Å². The van der Waals surface area contributed by atoms with E-state index in [9.17, 15) is 10.1 Å². The van der Waals surface area contributed by atoms with Gasteiger partial charge in [-0.2, -0.15) is 5.26 Å². The Balaban J connectivity index is 1.86. The van der Waals surface area contributed by atoms with Crippen LogP contribution in [0.5, 0.6) is 0 Å². The number of aromatic nitrogens is 1. The maximum atomic E-state index is 12.7. The van der Waals surface area contributed by atoms with Crippen LogP contribution in [0.4, 0.5) is 11.4 Å². The summed E-state index contributed by atoms with van der Waals surface area (Å²) in [6.45, 7) is 8.45. The number of benzene rings is 2. The molecule has 1 atom stereocenters. The maximum Gasteiger partial charge on any atom is 0.162 e. The Hall–Kier alpha value is -3.80. The minimum atomic E-state index is -0.524. The van der Waals surface area contributed by atoms with E-state index in [1.165, 1.54) is 13.1 Å². The van der Waals surface area contributed by atoms with E-state index < -0.39 is 6.04 Å². The van der Waals surface area contributed by atoms with E-state index in [0.29, 0.717) is 50.7 Å². The maximum absolute atomic E-state index is 12.7. The van der Waals surface area contributed by atoms with Crippen LogP contribution in [-0.2, 0) is 0 Å². The summed E-state index contributed by atoms with van der Waals surface area (Å²) in [4.78, 5) is 17.2. The first-order valence-electron chi connectivity index (χ1n) is 12.6. The third-order valence-electron chi connectivity index (χ3n) is 6.39. The fourth-order valence-corrected chi connectivity index (χ4v) is 4.47. The van der Waals surface area contributed by atoms with Gasteiger partial charge >= 0.3 is 0 Å². The number of carbonyl (C=O) groups excluding carboxylic acids is 1. The zero-order valence-corrected chi connectivity index (χ0v) is 22.9. The van der Waals surface area contributed by atoms with Gasteiger partial charge in [0.25, 0.3) is 0 Å². The van der Waals surface area contributed by atoms with E-state index in [-0.39, 0.29) is 17.2 Å². The molecule has 0 bridgehead atoms. The Kier molecular flexibility index (Phi) is 7.81. The smallest absolute Gasteiger partial charge is 0.162 e. The number of nitrogens with zero attached hydrogens (tertiary/aromatic N) is 3. The van der Waals surface area contributed by atoms with E-state index in [2.05, 4.69) is 42.5 Å². The largest absolute Gasteiger partial charge is 0.399 e. The molecule has 1 fully saturated rings. The number of hydrogen-bond acceptors (Lipinski definition) is 8. The van der Waals surface area contributed by atoms with Crippen LogP contribution in [0.2, 0.25) is 5.02 Å². The highest BCUT2D eigenvalue weighted by Crippen LogP contribution is 2.36. The number of pyridine rings is 1. The summed E-state index contributed by atoms with van der Waals surface area (Å²) in [5.41, 5.74) is 10.4. The molecule has 8 nitrogen and oxygen atoms in total. The molecule has 1 aliphatic carbocycles. The number of anilines is 2. The molecule has 0 aliphatic heterocycles. The number of rotatable bonds is 9. The van der Waals surface area contributed by atoms with Crippen LogP contribution in [0, 0.1) is 16.7 Å². The third kappa shape index (κ3) is 6.18. The van der Waals surface area contributed by atoms with Crippen molar-refractivity contribution in [2.24, 2.45) is 17.0 Å². The first-order valence-corrected chi connectivity index (χ1v) is 13.0. The van der Waals surface area contributed by atoms with Gasteiger partial charge in [0.2, 0.25) is 0 Å². The Bertz CT molecular complexity index is 1430. The molecule has 0 saturated heterocycles. The highest BCUT2D eigenvalue weighted by atomic mass is 35.5. The number of nitrogens with one attached hydrogen (secondary N) is 2. The molecule has 1 aromatic heterocycles. The lowest BCUT2D eigenvalue weighted by Crippen LogP contribution is -2.30. The fraction of sp³-hybridized carbons (Fsp3) is 0.345. The Morgan fingerprint density at radius 3 is 2.63 bits per heavy atom. The van der Waals surface area contributed by atoms with E-state index >= 15 is 0 Å². The van der Waals surface area contributed by atoms with Gasteiger partial charge in [0.1, 0.15) is 6.07 Å². The van der Waals surface area contributed by atoms with E-state index in [1.54, 1.807) is 23.3 Å². The van der Waals surface area contributed by atoms with Crippen LogP contribution >= 0.6 is 11.6 Å². The number of halogens is 1. The highest BCUT2D eigenvalue weighted by Gasteiger charge is 2.27. The summed E-state index contributed by atoms with van der Waals surface area (Å²) in [6.07, 6.45) is 5.29. The topological polar surface area (TPSA) is 133 Å². The number of Topliss-reactive ketones (excluding diaryl/α,β-unsaturated/α-hetero) is 1. The average molecular weight is 532 g/mol. The second-order valence-electron chi connectivity index (χ2n) is 11.0. The molecule has 1 aliphatic rings. The van der Waals surface area contributed by atoms with Gasteiger partial charge in [-0.1, -0.05) is 50.6 Å². The minimum absolute atomic E-state index is 0.0361. The fourth-order valence-electron chi connectivity index (χ4n) is 4.22. The van der Waals surface area contributed by atoms with Gasteiger partial charge in [-0.05, 0) is 48.9 Å².